The Balaban J connectivity index is 0.00000512. The number of hydrogen-bond donors (Lipinski definition) is 0. The van der Waals surface area contributed by atoms with Crippen LogP contribution in [0.3, 0.4) is 0 Å². The van der Waals surface area contributed by atoms with E-state index in [1.807, 2.05) is 0 Å². The topological polar surface area (TPSA) is 3.24 Å². The second kappa shape index (κ2) is 19.4. The Kier molecular flexibility index (Phi) is 17.6. The Hall–Kier alpha value is -1.05. The van der Waals surface area contributed by atoms with E-state index in [2.05, 4.69) is 61.5 Å². The molecule has 2 aromatic rings. The third kappa shape index (κ3) is 13.5. The predicted octanol–water partition coefficient (Wildman–Crippen LogP) is 9.61. The van der Waals surface area contributed by atoms with Crippen LogP contribution in [-0.4, -0.2) is 25.5 Å². The van der Waals surface area contributed by atoms with Gasteiger partial charge in [-0.15, -0.1) is 12.4 Å². The summed E-state index contributed by atoms with van der Waals surface area (Å²) in [4.78, 5) is 2.30. The Labute approximate surface area is 205 Å². The van der Waals surface area contributed by atoms with E-state index >= 15 is 0 Å². The van der Waals surface area contributed by atoms with Gasteiger partial charge in [0.25, 0.3) is 0 Å². The average Bonchev–Trinajstić information content (AvgIpc) is 2.78. The van der Waals surface area contributed by atoms with E-state index in [4.69, 9.17) is 0 Å². The maximum Gasteiger partial charge on any atom is -0.00248 e. The summed E-state index contributed by atoms with van der Waals surface area (Å²) < 4.78 is 0. The fourth-order valence-corrected chi connectivity index (χ4v) is 4.73. The van der Waals surface area contributed by atoms with Crippen LogP contribution in [-0.2, 0) is 6.42 Å². The molecule has 0 saturated heterocycles. The fraction of sp³-hybridized carbons (Fsp3) is 0.667. The molecule has 2 rings (SSSR count). The van der Waals surface area contributed by atoms with Crippen molar-refractivity contribution in [3.8, 4) is 0 Å². The third-order valence-corrected chi connectivity index (χ3v) is 6.68. The number of halogens is 1. The number of nitrogens with zero attached hydrogens (tertiary/aromatic N) is 1. The predicted molar refractivity (Wildman–Crippen MR) is 147 cm³/mol. The molecule has 1 nitrogen and oxygen atoms in total. The first-order valence-corrected chi connectivity index (χ1v) is 13.4. The number of rotatable bonds is 19. The Morgan fingerprint density at radius 2 is 0.938 bits per heavy atom. The molecule has 0 spiro atoms. The molecular weight excluding hydrogens is 410 g/mol. The summed E-state index contributed by atoms with van der Waals surface area (Å²) in [6.45, 7) is 1.26. The highest BCUT2D eigenvalue weighted by atomic mass is 35.5. The van der Waals surface area contributed by atoms with Gasteiger partial charge in [0.2, 0.25) is 0 Å². The molecule has 0 atom stereocenters. The molecule has 0 bridgehead atoms. The molecule has 32 heavy (non-hydrogen) atoms. The minimum absolute atomic E-state index is 0. The van der Waals surface area contributed by atoms with E-state index in [0.29, 0.717) is 0 Å². The number of hydrogen-bond acceptors (Lipinski definition) is 1. The molecular formula is C30H50ClN. The van der Waals surface area contributed by atoms with Gasteiger partial charge >= 0.3 is 0 Å². The Morgan fingerprint density at radius 1 is 0.500 bits per heavy atom. The lowest BCUT2D eigenvalue weighted by atomic mass is 9.99. The summed E-state index contributed by atoms with van der Waals surface area (Å²) in [7, 11) is 4.35. The molecule has 0 amide bonds. The van der Waals surface area contributed by atoms with E-state index in [1.54, 1.807) is 0 Å². The van der Waals surface area contributed by atoms with Gasteiger partial charge in [-0.05, 0) is 56.2 Å². The van der Waals surface area contributed by atoms with Crippen molar-refractivity contribution < 1.29 is 0 Å². The summed E-state index contributed by atoms with van der Waals surface area (Å²) in [6, 6.07) is 15.6. The summed E-state index contributed by atoms with van der Waals surface area (Å²) in [5.41, 5.74) is 1.53. The van der Waals surface area contributed by atoms with Gasteiger partial charge in [-0.25, -0.2) is 0 Å². The minimum atomic E-state index is 0. The van der Waals surface area contributed by atoms with Crippen molar-refractivity contribution in [2.24, 2.45) is 0 Å². The van der Waals surface area contributed by atoms with E-state index in [1.165, 1.54) is 132 Å². The van der Waals surface area contributed by atoms with Gasteiger partial charge in [0.1, 0.15) is 0 Å². The summed E-state index contributed by atoms with van der Waals surface area (Å²) in [6.07, 6.45) is 24.2. The van der Waals surface area contributed by atoms with Gasteiger partial charge < -0.3 is 4.90 Å². The standard InChI is InChI=1S/C30H49N.ClH/c1-31(2)27-20-16-14-12-10-8-6-4-3-5-7-9-11-13-15-17-22-28-24-21-25-29-23-18-19-26-30(28)29;/h18-19,21,23-26H,3-17,20,22,27H2,1-2H3;1H. The van der Waals surface area contributed by atoms with Gasteiger partial charge in [-0.1, -0.05) is 132 Å². The van der Waals surface area contributed by atoms with Crippen LogP contribution >= 0.6 is 12.4 Å². The number of fused-ring (bicyclic) bond motifs is 1. The van der Waals surface area contributed by atoms with Crippen LogP contribution in [0, 0.1) is 0 Å². The maximum atomic E-state index is 2.31. The van der Waals surface area contributed by atoms with Crippen molar-refractivity contribution in [3.05, 3.63) is 48.0 Å². The first-order valence-electron chi connectivity index (χ1n) is 13.4. The lowest BCUT2D eigenvalue weighted by molar-refractivity contribution is 0.389. The molecule has 182 valence electrons. The van der Waals surface area contributed by atoms with Gasteiger partial charge in [0.15, 0.2) is 0 Å². The molecule has 0 aromatic heterocycles. The van der Waals surface area contributed by atoms with Crippen molar-refractivity contribution >= 4 is 23.2 Å². The molecule has 0 saturated carbocycles. The lowest BCUT2D eigenvalue weighted by Crippen LogP contribution is -2.12. The summed E-state index contributed by atoms with van der Waals surface area (Å²) in [5, 5.41) is 2.83. The SMILES string of the molecule is CN(C)CCCCCCCCCCCCCCCCCCc1cccc2ccccc12.Cl. The van der Waals surface area contributed by atoms with Gasteiger partial charge in [-0.3, -0.25) is 0 Å². The molecule has 2 heteroatoms. The molecule has 0 fully saturated rings. The first kappa shape index (κ1) is 29.0. The molecule has 0 radical (unpaired) electrons. The number of unbranched alkanes of at least 4 members (excludes halogenated alkanes) is 15. The van der Waals surface area contributed by atoms with E-state index in [9.17, 15) is 0 Å². The van der Waals surface area contributed by atoms with Crippen molar-refractivity contribution in [2.75, 3.05) is 20.6 Å². The highest BCUT2D eigenvalue weighted by Gasteiger charge is 2.00. The maximum absolute atomic E-state index is 2.31. The largest absolute Gasteiger partial charge is 0.309 e. The highest BCUT2D eigenvalue weighted by Crippen LogP contribution is 2.21. The van der Waals surface area contributed by atoms with Crippen LogP contribution < -0.4 is 0 Å². The second-order valence-electron chi connectivity index (χ2n) is 9.85. The van der Waals surface area contributed by atoms with Crippen molar-refractivity contribution in [2.45, 2.75) is 109 Å². The Bertz CT molecular complexity index is 676. The van der Waals surface area contributed by atoms with Crippen molar-refractivity contribution in [1.29, 1.82) is 0 Å². The smallest absolute Gasteiger partial charge is 0.00248 e. The molecule has 0 aliphatic heterocycles. The van der Waals surface area contributed by atoms with Crippen LogP contribution in [0.5, 0.6) is 0 Å². The van der Waals surface area contributed by atoms with E-state index in [0.717, 1.165) is 0 Å². The molecule has 0 aliphatic carbocycles. The van der Waals surface area contributed by atoms with E-state index < -0.39 is 0 Å². The summed E-state index contributed by atoms with van der Waals surface area (Å²) >= 11 is 0. The third-order valence-electron chi connectivity index (χ3n) is 6.68. The average molecular weight is 460 g/mol. The monoisotopic (exact) mass is 459 g/mol. The second-order valence-corrected chi connectivity index (χ2v) is 9.85. The van der Waals surface area contributed by atoms with E-state index in [-0.39, 0.29) is 12.4 Å². The quantitative estimate of drug-likeness (QED) is 0.189. The Morgan fingerprint density at radius 3 is 1.47 bits per heavy atom. The number of aryl methyl sites for hydroxylation is 1. The van der Waals surface area contributed by atoms with Crippen LogP contribution in [0.15, 0.2) is 42.5 Å². The van der Waals surface area contributed by atoms with Crippen LogP contribution in [0.25, 0.3) is 10.8 Å². The molecule has 0 N–H and O–H groups in total. The lowest BCUT2D eigenvalue weighted by Gasteiger charge is -2.08. The first-order chi connectivity index (χ1) is 15.3. The van der Waals surface area contributed by atoms with Crippen molar-refractivity contribution in [3.63, 3.8) is 0 Å². The molecule has 2 aromatic carbocycles. The zero-order valence-corrected chi connectivity index (χ0v) is 21.9. The van der Waals surface area contributed by atoms with Crippen LogP contribution in [0.4, 0.5) is 0 Å². The molecule has 0 heterocycles. The van der Waals surface area contributed by atoms with Gasteiger partial charge in [-0.2, -0.15) is 0 Å². The van der Waals surface area contributed by atoms with Crippen LogP contribution in [0.1, 0.15) is 108 Å². The van der Waals surface area contributed by atoms with Crippen LogP contribution in [0.2, 0.25) is 0 Å². The number of benzene rings is 2. The summed E-state index contributed by atoms with van der Waals surface area (Å²) in [5.74, 6) is 0. The zero-order valence-electron chi connectivity index (χ0n) is 21.1. The van der Waals surface area contributed by atoms with Gasteiger partial charge in [0.05, 0.1) is 0 Å². The van der Waals surface area contributed by atoms with Crippen molar-refractivity contribution in [1.82, 2.24) is 4.90 Å². The van der Waals surface area contributed by atoms with Gasteiger partial charge in [0, 0.05) is 0 Å². The minimum Gasteiger partial charge on any atom is -0.309 e. The zero-order chi connectivity index (χ0) is 22.0. The molecule has 0 unspecified atom stereocenters. The fourth-order valence-electron chi connectivity index (χ4n) is 4.73. The molecule has 0 aliphatic rings. The normalized spacial score (nSPS) is 11.2. The highest BCUT2D eigenvalue weighted by molar-refractivity contribution is 5.86.